The smallest absolute Gasteiger partial charge is 0.165 e. The molecular formula is C20H24N8O. The maximum atomic E-state index is 6.12. The van der Waals surface area contributed by atoms with Crippen molar-refractivity contribution in [3.8, 4) is 17.0 Å². The molecule has 0 bridgehead atoms. The quantitative estimate of drug-likeness (QED) is 0.524. The fourth-order valence-corrected chi connectivity index (χ4v) is 3.64. The molecule has 1 aliphatic rings. The van der Waals surface area contributed by atoms with Crippen LogP contribution in [0.4, 0.5) is 11.5 Å². The lowest BCUT2D eigenvalue weighted by Gasteiger charge is -2.37. The van der Waals surface area contributed by atoms with Crippen molar-refractivity contribution in [1.82, 2.24) is 34.5 Å². The second-order valence-corrected chi connectivity index (χ2v) is 7.54. The Morgan fingerprint density at radius 1 is 1.31 bits per heavy atom. The summed E-state index contributed by atoms with van der Waals surface area (Å²) in [6.07, 6.45) is 6.75. The number of H-pyrrole nitrogens is 1. The van der Waals surface area contributed by atoms with Crippen LogP contribution in [0, 0.1) is 6.92 Å². The van der Waals surface area contributed by atoms with Gasteiger partial charge in [0.25, 0.3) is 0 Å². The van der Waals surface area contributed by atoms with Gasteiger partial charge in [0.1, 0.15) is 12.3 Å². The topological polar surface area (TPSA) is 88.3 Å². The number of ether oxygens (including phenoxy) is 1. The van der Waals surface area contributed by atoms with Crippen LogP contribution in [0.2, 0.25) is 0 Å². The zero-order chi connectivity index (χ0) is 20.0. The second kappa shape index (κ2) is 6.93. The summed E-state index contributed by atoms with van der Waals surface area (Å²) in [5.41, 5.74) is 4.81. The molecule has 1 aliphatic heterocycles. The molecule has 0 amide bonds. The number of hydrogen-bond acceptors (Lipinski definition) is 6. The van der Waals surface area contributed by atoms with Crippen LogP contribution in [0.3, 0.4) is 0 Å². The van der Waals surface area contributed by atoms with Gasteiger partial charge in [-0.25, -0.2) is 4.52 Å². The summed E-state index contributed by atoms with van der Waals surface area (Å²) >= 11 is 0. The van der Waals surface area contributed by atoms with E-state index in [9.17, 15) is 0 Å². The predicted molar refractivity (Wildman–Crippen MR) is 111 cm³/mol. The fraction of sp³-hybridized carbons (Fsp3) is 0.350. The van der Waals surface area contributed by atoms with E-state index in [0.717, 1.165) is 46.3 Å². The normalized spacial score (nSPS) is 16.9. The Morgan fingerprint density at radius 2 is 2.21 bits per heavy atom. The van der Waals surface area contributed by atoms with E-state index in [4.69, 9.17) is 4.74 Å². The van der Waals surface area contributed by atoms with E-state index in [1.165, 1.54) is 6.42 Å². The molecule has 150 valence electrons. The standard InChI is InChI=1S/C20H24N8O/c1-13-17(10-21-24-13)23-19-9-16-8-14(4-7-28(16)25-19)20-18(11-22-27(20)3)29-12-15-5-6-26(15)2/h4,7-11,15H,5-6,12H2,1-3H3,(H,21,24)(H,23,25)/t15-/m1/s1. The number of anilines is 2. The van der Waals surface area contributed by atoms with Crippen LogP contribution >= 0.6 is 0 Å². The van der Waals surface area contributed by atoms with Crippen molar-refractivity contribution in [3.05, 3.63) is 42.5 Å². The highest BCUT2D eigenvalue weighted by Crippen LogP contribution is 2.31. The summed E-state index contributed by atoms with van der Waals surface area (Å²) in [5, 5.41) is 19.3. The van der Waals surface area contributed by atoms with Crippen molar-refractivity contribution in [2.75, 3.05) is 25.5 Å². The van der Waals surface area contributed by atoms with Gasteiger partial charge in [-0.05, 0) is 39.1 Å². The van der Waals surface area contributed by atoms with Crippen molar-refractivity contribution in [2.24, 2.45) is 7.05 Å². The van der Waals surface area contributed by atoms with Gasteiger partial charge in [0.05, 0.1) is 23.1 Å². The Balaban J connectivity index is 1.41. The number of likely N-dealkylation sites (tertiary alicyclic amines) is 1. The summed E-state index contributed by atoms with van der Waals surface area (Å²) in [6, 6.07) is 6.63. The van der Waals surface area contributed by atoms with E-state index in [-0.39, 0.29) is 0 Å². The van der Waals surface area contributed by atoms with Crippen LogP contribution in [-0.4, -0.2) is 60.7 Å². The number of fused-ring (bicyclic) bond motifs is 1. The lowest BCUT2D eigenvalue weighted by molar-refractivity contribution is 0.0771. The molecule has 9 heteroatoms. The zero-order valence-electron chi connectivity index (χ0n) is 16.8. The molecule has 1 saturated heterocycles. The van der Waals surface area contributed by atoms with Gasteiger partial charge in [0, 0.05) is 37.1 Å². The number of pyridine rings is 1. The SMILES string of the molecule is Cc1n[nH]cc1Nc1cc2cc(-c3c(OC[C@H]4CCN4C)cnn3C)ccn2n1. The first kappa shape index (κ1) is 17.7. The highest BCUT2D eigenvalue weighted by molar-refractivity contribution is 5.73. The first-order valence-corrected chi connectivity index (χ1v) is 9.71. The average Bonchev–Trinajstić information content (AvgIpc) is 3.39. The molecule has 4 aromatic heterocycles. The molecule has 2 N–H and O–H groups in total. The maximum absolute atomic E-state index is 6.12. The summed E-state index contributed by atoms with van der Waals surface area (Å²) in [6.45, 7) is 3.76. The van der Waals surface area contributed by atoms with E-state index in [1.54, 1.807) is 6.20 Å². The minimum atomic E-state index is 0.486. The number of aryl methyl sites for hydroxylation is 2. The second-order valence-electron chi connectivity index (χ2n) is 7.54. The monoisotopic (exact) mass is 392 g/mol. The molecule has 0 unspecified atom stereocenters. The predicted octanol–water partition coefficient (Wildman–Crippen LogP) is 2.59. The lowest BCUT2D eigenvalue weighted by Crippen LogP contribution is -2.48. The molecule has 0 aromatic carbocycles. The summed E-state index contributed by atoms with van der Waals surface area (Å²) in [7, 11) is 4.07. The van der Waals surface area contributed by atoms with E-state index in [1.807, 2.05) is 47.7 Å². The Morgan fingerprint density at radius 3 is 2.93 bits per heavy atom. The number of hydrogen-bond donors (Lipinski definition) is 2. The average molecular weight is 392 g/mol. The minimum absolute atomic E-state index is 0.486. The number of aromatic amines is 1. The molecule has 0 radical (unpaired) electrons. The van der Waals surface area contributed by atoms with Gasteiger partial charge in [-0.15, -0.1) is 0 Å². The first-order chi connectivity index (χ1) is 14.1. The molecule has 1 atom stereocenters. The third kappa shape index (κ3) is 3.23. The van der Waals surface area contributed by atoms with Crippen LogP contribution in [-0.2, 0) is 7.05 Å². The van der Waals surface area contributed by atoms with E-state index in [0.29, 0.717) is 12.6 Å². The number of nitrogens with zero attached hydrogens (tertiary/aromatic N) is 6. The molecule has 1 fully saturated rings. The van der Waals surface area contributed by atoms with E-state index in [2.05, 4.69) is 43.7 Å². The van der Waals surface area contributed by atoms with Gasteiger partial charge in [-0.3, -0.25) is 14.7 Å². The van der Waals surface area contributed by atoms with Crippen molar-refractivity contribution < 1.29 is 4.74 Å². The van der Waals surface area contributed by atoms with Crippen LogP contribution in [0.25, 0.3) is 16.8 Å². The van der Waals surface area contributed by atoms with Crippen LogP contribution < -0.4 is 10.1 Å². The third-order valence-corrected chi connectivity index (χ3v) is 5.61. The van der Waals surface area contributed by atoms with Gasteiger partial charge in [-0.1, -0.05) is 0 Å². The number of likely N-dealkylation sites (N-methyl/N-ethyl adjacent to an activating group) is 1. The van der Waals surface area contributed by atoms with Crippen LogP contribution in [0.15, 0.2) is 36.8 Å². The molecule has 0 saturated carbocycles. The Hall–Kier alpha value is -3.33. The molecule has 29 heavy (non-hydrogen) atoms. The van der Waals surface area contributed by atoms with E-state index < -0.39 is 0 Å². The van der Waals surface area contributed by atoms with Gasteiger partial charge in [0.15, 0.2) is 11.6 Å². The molecule has 4 aromatic rings. The van der Waals surface area contributed by atoms with Crippen LogP contribution in [0.1, 0.15) is 12.1 Å². The fourth-order valence-electron chi connectivity index (χ4n) is 3.64. The highest BCUT2D eigenvalue weighted by atomic mass is 16.5. The largest absolute Gasteiger partial charge is 0.488 e. The molecule has 9 nitrogen and oxygen atoms in total. The molecule has 0 aliphatic carbocycles. The Kier molecular flexibility index (Phi) is 4.24. The summed E-state index contributed by atoms with van der Waals surface area (Å²) in [5.74, 6) is 1.57. The van der Waals surface area contributed by atoms with Gasteiger partial charge in [0.2, 0.25) is 0 Å². The zero-order valence-corrected chi connectivity index (χ0v) is 16.8. The summed E-state index contributed by atoms with van der Waals surface area (Å²) in [4.78, 5) is 2.31. The molecular weight excluding hydrogens is 368 g/mol. The van der Waals surface area contributed by atoms with Crippen molar-refractivity contribution in [2.45, 2.75) is 19.4 Å². The van der Waals surface area contributed by atoms with Gasteiger partial charge >= 0.3 is 0 Å². The van der Waals surface area contributed by atoms with Gasteiger partial charge < -0.3 is 10.1 Å². The minimum Gasteiger partial charge on any atom is -0.488 e. The van der Waals surface area contributed by atoms with Crippen LogP contribution in [0.5, 0.6) is 5.75 Å². The molecule has 0 spiro atoms. The Bertz CT molecular complexity index is 1160. The van der Waals surface area contributed by atoms with E-state index >= 15 is 0 Å². The first-order valence-electron chi connectivity index (χ1n) is 9.71. The third-order valence-electron chi connectivity index (χ3n) is 5.61. The molecule has 5 heterocycles. The maximum Gasteiger partial charge on any atom is 0.165 e. The number of aromatic nitrogens is 6. The number of rotatable bonds is 6. The highest BCUT2D eigenvalue weighted by Gasteiger charge is 2.25. The molecule has 5 rings (SSSR count). The Labute approximate surface area is 168 Å². The number of nitrogens with one attached hydrogen (secondary N) is 2. The van der Waals surface area contributed by atoms with Gasteiger partial charge in [-0.2, -0.15) is 15.3 Å². The summed E-state index contributed by atoms with van der Waals surface area (Å²) < 4.78 is 9.82. The van der Waals surface area contributed by atoms with Crippen molar-refractivity contribution >= 4 is 17.0 Å². The van der Waals surface area contributed by atoms with Crippen molar-refractivity contribution in [3.63, 3.8) is 0 Å². The van der Waals surface area contributed by atoms with Crippen molar-refractivity contribution in [1.29, 1.82) is 0 Å². The lowest BCUT2D eigenvalue weighted by atomic mass is 10.1.